The van der Waals surface area contributed by atoms with Gasteiger partial charge in [0.15, 0.2) is 0 Å². The van der Waals surface area contributed by atoms with Crippen molar-refractivity contribution >= 4 is 5.91 Å². The van der Waals surface area contributed by atoms with Crippen LogP contribution in [0.4, 0.5) is 0 Å². The quantitative estimate of drug-likeness (QED) is 0.668. The molecule has 0 saturated carbocycles. The van der Waals surface area contributed by atoms with Crippen molar-refractivity contribution in [1.29, 1.82) is 0 Å². The molecule has 0 atom stereocenters. The summed E-state index contributed by atoms with van der Waals surface area (Å²) in [7, 11) is 1.67. The SMILES string of the molecule is CCCNC(=O)CCNCCc1ccc(OC)cc1. The smallest absolute Gasteiger partial charge is 0.221 e. The summed E-state index contributed by atoms with van der Waals surface area (Å²) in [6.07, 6.45) is 2.49. The van der Waals surface area contributed by atoms with Crippen LogP contribution in [0.2, 0.25) is 0 Å². The summed E-state index contributed by atoms with van der Waals surface area (Å²) in [6.45, 7) is 4.43. The van der Waals surface area contributed by atoms with Crippen LogP contribution < -0.4 is 15.4 Å². The van der Waals surface area contributed by atoms with E-state index in [4.69, 9.17) is 4.74 Å². The molecular weight excluding hydrogens is 240 g/mol. The molecule has 0 heterocycles. The monoisotopic (exact) mass is 264 g/mol. The molecule has 1 amide bonds. The molecule has 4 nitrogen and oxygen atoms in total. The van der Waals surface area contributed by atoms with Crippen LogP contribution in [0.15, 0.2) is 24.3 Å². The van der Waals surface area contributed by atoms with E-state index < -0.39 is 0 Å². The Morgan fingerprint density at radius 1 is 1.16 bits per heavy atom. The first-order valence-electron chi connectivity index (χ1n) is 6.86. The van der Waals surface area contributed by atoms with Gasteiger partial charge in [-0.15, -0.1) is 0 Å². The average Bonchev–Trinajstić information content (AvgIpc) is 2.45. The molecule has 106 valence electrons. The molecule has 0 aliphatic heterocycles. The van der Waals surface area contributed by atoms with Crippen molar-refractivity contribution in [2.24, 2.45) is 0 Å². The fourth-order valence-electron chi connectivity index (χ4n) is 1.70. The zero-order chi connectivity index (χ0) is 13.9. The van der Waals surface area contributed by atoms with E-state index in [1.807, 2.05) is 19.1 Å². The van der Waals surface area contributed by atoms with E-state index in [-0.39, 0.29) is 5.91 Å². The maximum absolute atomic E-state index is 11.3. The Kier molecular flexibility index (Phi) is 7.66. The lowest BCUT2D eigenvalue weighted by Gasteiger charge is -2.06. The van der Waals surface area contributed by atoms with Crippen molar-refractivity contribution in [3.8, 4) is 5.75 Å². The highest BCUT2D eigenvalue weighted by atomic mass is 16.5. The second kappa shape index (κ2) is 9.39. The largest absolute Gasteiger partial charge is 0.497 e. The fourth-order valence-corrected chi connectivity index (χ4v) is 1.70. The number of benzene rings is 1. The minimum Gasteiger partial charge on any atom is -0.497 e. The summed E-state index contributed by atoms with van der Waals surface area (Å²) in [6, 6.07) is 8.06. The van der Waals surface area contributed by atoms with Gasteiger partial charge in [-0.25, -0.2) is 0 Å². The van der Waals surface area contributed by atoms with Gasteiger partial charge in [0.05, 0.1) is 7.11 Å². The van der Waals surface area contributed by atoms with Gasteiger partial charge >= 0.3 is 0 Å². The highest BCUT2D eigenvalue weighted by Gasteiger charge is 1.99. The summed E-state index contributed by atoms with van der Waals surface area (Å²) >= 11 is 0. The van der Waals surface area contributed by atoms with Gasteiger partial charge in [-0.05, 0) is 37.1 Å². The number of nitrogens with one attached hydrogen (secondary N) is 2. The van der Waals surface area contributed by atoms with Gasteiger partial charge in [-0.3, -0.25) is 4.79 Å². The van der Waals surface area contributed by atoms with E-state index in [0.29, 0.717) is 6.42 Å². The lowest BCUT2D eigenvalue weighted by Crippen LogP contribution is -2.28. The summed E-state index contributed by atoms with van der Waals surface area (Å²) in [5.41, 5.74) is 1.27. The van der Waals surface area contributed by atoms with Crippen molar-refractivity contribution in [3.05, 3.63) is 29.8 Å². The van der Waals surface area contributed by atoms with Crippen LogP contribution in [0.3, 0.4) is 0 Å². The Morgan fingerprint density at radius 3 is 2.53 bits per heavy atom. The van der Waals surface area contributed by atoms with Crippen LogP contribution in [-0.2, 0) is 11.2 Å². The first-order chi connectivity index (χ1) is 9.26. The summed E-state index contributed by atoms with van der Waals surface area (Å²) < 4.78 is 5.11. The highest BCUT2D eigenvalue weighted by Crippen LogP contribution is 2.11. The molecule has 0 spiro atoms. The predicted octanol–water partition coefficient (Wildman–Crippen LogP) is 1.74. The third-order valence-corrected chi connectivity index (χ3v) is 2.85. The molecule has 1 aromatic rings. The van der Waals surface area contributed by atoms with E-state index in [1.165, 1.54) is 5.56 Å². The molecule has 0 aromatic heterocycles. The molecule has 0 radical (unpaired) electrons. The second-order valence-corrected chi connectivity index (χ2v) is 4.45. The molecule has 0 aliphatic rings. The van der Waals surface area contributed by atoms with E-state index in [9.17, 15) is 4.79 Å². The number of methoxy groups -OCH3 is 1. The van der Waals surface area contributed by atoms with Gasteiger partial charge in [0.1, 0.15) is 5.75 Å². The Labute approximate surface area is 115 Å². The number of hydrogen-bond acceptors (Lipinski definition) is 3. The zero-order valence-corrected chi connectivity index (χ0v) is 11.9. The van der Waals surface area contributed by atoms with Crippen molar-refractivity contribution < 1.29 is 9.53 Å². The third kappa shape index (κ3) is 6.82. The maximum Gasteiger partial charge on any atom is 0.221 e. The van der Waals surface area contributed by atoms with Gasteiger partial charge < -0.3 is 15.4 Å². The second-order valence-electron chi connectivity index (χ2n) is 4.45. The van der Waals surface area contributed by atoms with Crippen LogP contribution in [0, 0.1) is 0 Å². The molecular formula is C15H24N2O2. The molecule has 0 fully saturated rings. The molecule has 1 rings (SSSR count). The minimum absolute atomic E-state index is 0.124. The highest BCUT2D eigenvalue weighted by molar-refractivity contribution is 5.75. The van der Waals surface area contributed by atoms with Crippen LogP contribution in [0.1, 0.15) is 25.3 Å². The van der Waals surface area contributed by atoms with Gasteiger partial charge in [0.25, 0.3) is 0 Å². The number of amides is 1. The van der Waals surface area contributed by atoms with Crippen LogP contribution in [0.25, 0.3) is 0 Å². The number of hydrogen-bond donors (Lipinski definition) is 2. The number of carbonyl (C=O) groups is 1. The van der Waals surface area contributed by atoms with E-state index in [1.54, 1.807) is 7.11 Å². The molecule has 0 unspecified atom stereocenters. The topological polar surface area (TPSA) is 50.4 Å². The van der Waals surface area contributed by atoms with E-state index in [0.717, 1.165) is 38.2 Å². The number of carbonyl (C=O) groups excluding carboxylic acids is 1. The average molecular weight is 264 g/mol. The Morgan fingerprint density at radius 2 is 1.89 bits per heavy atom. The summed E-state index contributed by atoms with van der Waals surface area (Å²) in [5, 5.41) is 6.14. The van der Waals surface area contributed by atoms with Crippen LogP contribution >= 0.6 is 0 Å². The molecule has 19 heavy (non-hydrogen) atoms. The van der Waals surface area contributed by atoms with Gasteiger partial charge in [-0.2, -0.15) is 0 Å². The minimum atomic E-state index is 0.124. The maximum atomic E-state index is 11.3. The van der Waals surface area contributed by atoms with E-state index in [2.05, 4.69) is 22.8 Å². The molecule has 0 aliphatic carbocycles. The van der Waals surface area contributed by atoms with Crippen LogP contribution in [0.5, 0.6) is 5.75 Å². The van der Waals surface area contributed by atoms with Crippen molar-refractivity contribution in [3.63, 3.8) is 0 Å². The van der Waals surface area contributed by atoms with Crippen LogP contribution in [-0.4, -0.2) is 32.7 Å². The molecule has 0 saturated heterocycles. The van der Waals surface area contributed by atoms with Crippen molar-refractivity contribution in [2.45, 2.75) is 26.2 Å². The lowest BCUT2D eigenvalue weighted by atomic mass is 10.1. The third-order valence-electron chi connectivity index (χ3n) is 2.85. The van der Waals surface area contributed by atoms with Gasteiger partial charge in [-0.1, -0.05) is 19.1 Å². The van der Waals surface area contributed by atoms with Gasteiger partial charge in [0, 0.05) is 19.5 Å². The normalized spacial score (nSPS) is 10.2. The van der Waals surface area contributed by atoms with Crippen molar-refractivity contribution in [1.82, 2.24) is 10.6 Å². The summed E-state index contributed by atoms with van der Waals surface area (Å²) in [4.78, 5) is 11.3. The van der Waals surface area contributed by atoms with Gasteiger partial charge in [0.2, 0.25) is 5.91 Å². The first-order valence-corrected chi connectivity index (χ1v) is 6.86. The first kappa shape index (κ1) is 15.5. The fraction of sp³-hybridized carbons (Fsp3) is 0.533. The Balaban J connectivity index is 2.08. The predicted molar refractivity (Wildman–Crippen MR) is 77.5 cm³/mol. The van der Waals surface area contributed by atoms with E-state index >= 15 is 0 Å². The molecule has 1 aromatic carbocycles. The molecule has 4 heteroatoms. The Hall–Kier alpha value is -1.55. The standard InChI is InChI=1S/C15H24N2O2/c1-3-10-17-15(18)9-12-16-11-8-13-4-6-14(19-2)7-5-13/h4-7,16H,3,8-12H2,1-2H3,(H,17,18). The summed E-state index contributed by atoms with van der Waals surface area (Å²) in [5.74, 6) is 1.00. The number of ether oxygens (including phenoxy) is 1. The Bertz CT molecular complexity index is 363. The molecule has 0 bridgehead atoms. The lowest BCUT2D eigenvalue weighted by molar-refractivity contribution is -0.120. The molecule has 2 N–H and O–H groups in total. The number of rotatable bonds is 9. The van der Waals surface area contributed by atoms with Crippen molar-refractivity contribution in [2.75, 3.05) is 26.7 Å². The zero-order valence-electron chi connectivity index (χ0n) is 11.9.